The summed E-state index contributed by atoms with van der Waals surface area (Å²) in [5.74, 6) is 0. The van der Waals surface area contributed by atoms with E-state index in [0.29, 0.717) is 18.7 Å². The summed E-state index contributed by atoms with van der Waals surface area (Å²) < 4.78 is 29.4. The molecule has 0 aromatic rings. The van der Waals surface area contributed by atoms with Gasteiger partial charge in [-0.05, 0) is 45.1 Å². The molecule has 0 spiro atoms. The number of nitrogens with two attached hydrogens (primary N) is 1. The van der Waals surface area contributed by atoms with Gasteiger partial charge in [0.2, 0.25) is 0 Å². The van der Waals surface area contributed by atoms with Gasteiger partial charge in [0, 0.05) is 32.0 Å². The van der Waals surface area contributed by atoms with Crippen molar-refractivity contribution in [2.24, 2.45) is 5.73 Å². The third kappa shape index (κ3) is 5.20. The fraction of sp³-hybridized carbons (Fsp3) is 1.00. The summed E-state index contributed by atoms with van der Waals surface area (Å²) in [6.07, 6.45) is 8.64. The molecule has 2 fully saturated rings. The Bertz CT molecular complexity index is 405. The van der Waals surface area contributed by atoms with Crippen molar-refractivity contribution in [3.05, 3.63) is 0 Å². The van der Waals surface area contributed by atoms with Crippen LogP contribution in [0.4, 0.5) is 0 Å². The van der Waals surface area contributed by atoms with E-state index in [-0.39, 0.29) is 5.25 Å². The molecule has 2 unspecified atom stereocenters. The Labute approximate surface area is 129 Å². The van der Waals surface area contributed by atoms with Crippen molar-refractivity contribution in [3.63, 3.8) is 0 Å². The molecule has 21 heavy (non-hydrogen) atoms. The van der Waals surface area contributed by atoms with E-state index >= 15 is 0 Å². The van der Waals surface area contributed by atoms with Gasteiger partial charge < -0.3 is 15.4 Å². The zero-order valence-electron chi connectivity index (χ0n) is 13.2. The molecule has 2 N–H and O–H groups in total. The van der Waals surface area contributed by atoms with Crippen LogP contribution in [0.25, 0.3) is 0 Å². The topological polar surface area (TPSA) is 72.6 Å². The highest BCUT2D eigenvalue weighted by Gasteiger charge is 2.33. The molecular weight excluding hydrogens is 288 g/mol. The van der Waals surface area contributed by atoms with Crippen LogP contribution >= 0.6 is 0 Å². The van der Waals surface area contributed by atoms with Crippen LogP contribution in [0.5, 0.6) is 0 Å². The first kappa shape index (κ1) is 17.2. The minimum atomic E-state index is -2.89. The smallest absolute Gasteiger partial charge is 0.150 e. The van der Waals surface area contributed by atoms with Crippen LogP contribution in [0.1, 0.15) is 44.9 Å². The molecule has 1 aliphatic heterocycles. The van der Waals surface area contributed by atoms with Gasteiger partial charge in [-0.25, -0.2) is 8.42 Å². The van der Waals surface area contributed by atoms with E-state index < -0.39 is 9.84 Å². The number of ether oxygens (including phenoxy) is 1. The summed E-state index contributed by atoms with van der Waals surface area (Å²) in [4.78, 5) is 2.49. The number of rotatable bonds is 6. The SMILES string of the molecule is CS(=O)(=O)C1CCCC(N2CCC(OCCCN)CC2)C1. The fourth-order valence-electron chi connectivity index (χ4n) is 3.58. The summed E-state index contributed by atoms with van der Waals surface area (Å²) in [5.41, 5.74) is 5.47. The lowest BCUT2D eigenvalue weighted by molar-refractivity contribution is -0.00590. The third-order valence-corrected chi connectivity index (χ3v) is 6.54. The molecule has 0 radical (unpaired) electrons. The summed E-state index contributed by atoms with van der Waals surface area (Å²) >= 11 is 0. The molecule has 0 bridgehead atoms. The van der Waals surface area contributed by atoms with Crippen LogP contribution in [0, 0.1) is 0 Å². The van der Waals surface area contributed by atoms with E-state index in [4.69, 9.17) is 10.5 Å². The number of likely N-dealkylation sites (tertiary alicyclic amines) is 1. The van der Waals surface area contributed by atoms with E-state index in [1.807, 2.05) is 0 Å². The molecule has 0 aromatic carbocycles. The van der Waals surface area contributed by atoms with Crippen LogP contribution in [-0.2, 0) is 14.6 Å². The van der Waals surface area contributed by atoms with E-state index in [2.05, 4.69) is 4.90 Å². The monoisotopic (exact) mass is 318 g/mol. The van der Waals surface area contributed by atoms with Gasteiger partial charge in [0.05, 0.1) is 11.4 Å². The molecule has 0 amide bonds. The van der Waals surface area contributed by atoms with Gasteiger partial charge in [0.15, 0.2) is 0 Å². The predicted octanol–water partition coefficient (Wildman–Crippen LogP) is 1.17. The van der Waals surface area contributed by atoms with Gasteiger partial charge in [-0.15, -0.1) is 0 Å². The van der Waals surface area contributed by atoms with Crippen molar-refractivity contribution < 1.29 is 13.2 Å². The highest BCUT2D eigenvalue weighted by atomic mass is 32.2. The van der Waals surface area contributed by atoms with E-state index in [0.717, 1.165) is 64.6 Å². The first-order valence-electron chi connectivity index (χ1n) is 8.25. The maximum absolute atomic E-state index is 11.8. The molecular formula is C15H30N2O3S. The molecule has 2 aliphatic rings. The maximum atomic E-state index is 11.8. The number of nitrogens with zero attached hydrogens (tertiary/aromatic N) is 1. The first-order chi connectivity index (χ1) is 10.0. The summed E-state index contributed by atoms with van der Waals surface area (Å²) in [7, 11) is -2.89. The lowest BCUT2D eigenvalue weighted by Crippen LogP contribution is -2.47. The van der Waals surface area contributed by atoms with Crippen molar-refractivity contribution in [1.29, 1.82) is 0 Å². The second kappa shape index (κ2) is 7.90. The molecule has 2 rings (SSSR count). The molecule has 5 nitrogen and oxygen atoms in total. The van der Waals surface area contributed by atoms with Crippen molar-refractivity contribution >= 4 is 9.84 Å². The van der Waals surface area contributed by atoms with Crippen molar-refractivity contribution in [2.75, 3.05) is 32.5 Å². The molecule has 124 valence electrons. The maximum Gasteiger partial charge on any atom is 0.150 e. The standard InChI is InChI=1S/C15H30N2O3S/c1-21(18,19)15-5-2-4-13(12-15)17-9-6-14(7-10-17)20-11-3-8-16/h13-15H,2-12,16H2,1H3. The Morgan fingerprint density at radius 2 is 1.90 bits per heavy atom. The minimum Gasteiger partial charge on any atom is -0.378 e. The van der Waals surface area contributed by atoms with Gasteiger partial charge in [-0.3, -0.25) is 0 Å². The first-order valence-corrected chi connectivity index (χ1v) is 10.2. The second-order valence-electron chi connectivity index (χ2n) is 6.52. The predicted molar refractivity (Wildman–Crippen MR) is 85.1 cm³/mol. The highest BCUT2D eigenvalue weighted by molar-refractivity contribution is 7.91. The molecule has 2 atom stereocenters. The van der Waals surface area contributed by atoms with Gasteiger partial charge >= 0.3 is 0 Å². The van der Waals surface area contributed by atoms with Gasteiger partial charge in [0.1, 0.15) is 9.84 Å². The summed E-state index contributed by atoms with van der Waals surface area (Å²) in [6, 6.07) is 0.448. The fourth-order valence-corrected chi connectivity index (χ4v) is 4.75. The average Bonchev–Trinajstić information content (AvgIpc) is 2.47. The number of hydrogen-bond donors (Lipinski definition) is 1. The molecule has 1 saturated heterocycles. The largest absolute Gasteiger partial charge is 0.378 e. The highest BCUT2D eigenvalue weighted by Crippen LogP contribution is 2.29. The molecule has 1 heterocycles. The Balaban J connectivity index is 1.76. The van der Waals surface area contributed by atoms with Crippen molar-refractivity contribution in [2.45, 2.75) is 62.3 Å². The summed E-state index contributed by atoms with van der Waals surface area (Å²) in [5, 5.41) is -0.130. The van der Waals surface area contributed by atoms with Gasteiger partial charge in [-0.1, -0.05) is 6.42 Å². The van der Waals surface area contributed by atoms with Crippen molar-refractivity contribution in [3.8, 4) is 0 Å². The Hall–Kier alpha value is -0.170. The van der Waals surface area contributed by atoms with Crippen LogP contribution < -0.4 is 5.73 Å². The van der Waals surface area contributed by atoms with Crippen LogP contribution in [-0.4, -0.2) is 63.2 Å². The van der Waals surface area contributed by atoms with Crippen LogP contribution in [0.15, 0.2) is 0 Å². The number of sulfone groups is 1. The number of hydrogen-bond acceptors (Lipinski definition) is 5. The van der Waals surface area contributed by atoms with E-state index in [1.165, 1.54) is 6.26 Å². The Morgan fingerprint density at radius 1 is 1.19 bits per heavy atom. The molecule has 6 heteroatoms. The molecule has 0 aromatic heterocycles. The average molecular weight is 318 g/mol. The minimum absolute atomic E-state index is 0.130. The normalized spacial score (nSPS) is 29.6. The zero-order chi connectivity index (χ0) is 15.3. The molecule has 1 aliphatic carbocycles. The molecule has 1 saturated carbocycles. The quantitative estimate of drug-likeness (QED) is 0.744. The van der Waals surface area contributed by atoms with E-state index in [1.54, 1.807) is 0 Å². The summed E-state index contributed by atoms with van der Waals surface area (Å²) in [6.45, 7) is 3.53. The Kier molecular flexibility index (Phi) is 6.47. The lowest BCUT2D eigenvalue weighted by Gasteiger charge is -2.40. The Morgan fingerprint density at radius 3 is 2.52 bits per heavy atom. The zero-order valence-corrected chi connectivity index (χ0v) is 14.0. The van der Waals surface area contributed by atoms with Crippen LogP contribution in [0.3, 0.4) is 0 Å². The lowest BCUT2D eigenvalue weighted by atomic mass is 9.92. The van der Waals surface area contributed by atoms with Gasteiger partial charge in [0.25, 0.3) is 0 Å². The van der Waals surface area contributed by atoms with Crippen LogP contribution in [0.2, 0.25) is 0 Å². The second-order valence-corrected chi connectivity index (χ2v) is 8.85. The number of piperidine rings is 1. The third-order valence-electron chi connectivity index (χ3n) is 4.90. The van der Waals surface area contributed by atoms with E-state index in [9.17, 15) is 8.42 Å². The van der Waals surface area contributed by atoms with Crippen molar-refractivity contribution in [1.82, 2.24) is 4.90 Å². The van der Waals surface area contributed by atoms with Gasteiger partial charge in [-0.2, -0.15) is 0 Å².